The maximum atomic E-state index is 12.7. The molecule has 1 rings (SSSR count). The van der Waals surface area contributed by atoms with Crippen LogP contribution in [0.4, 0.5) is 4.39 Å². The number of alkyl halides is 1. The summed E-state index contributed by atoms with van der Waals surface area (Å²) in [6, 6.07) is 0. The van der Waals surface area contributed by atoms with Crippen molar-refractivity contribution in [1.29, 1.82) is 0 Å². The lowest BCUT2D eigenvalue weighted by Gasteiger charge is -2.09. The summed E-state index contributed by atoms with van der Waals surface area (Å²) in [7, 11) is 1.66. The van der Waals surface area contributed by atoms with E-state index in [-0.39, 0.29) is 0 Å². The second kappa shape index (κ2) is 5.64. The average Bonchev–Trinajstić information content (AvgIpc) is 2.10. The monoisotopic (exact) mass is 408 g/mol. The summed E-state index contributed by atoms with van der Waals surface area (Å²) >= 11 is 4.43. The van der Waals surface area contributed by atoms with Gasteiger partial charge >= 0.3 is 0 Å². The van der Waals surface area contributed by atoms with Gasteiger partial charge in [0.2, 0.25) is 0 Å². The Hall–Kier alpha value is 0.960. The molecule has 12 heavy (non-hydrogen) atoms. The highest BCUT2D eigenvalue weighted by Crippen LogP contribution is 2.33. The summed E-state index contributed by atoms with van der Waals surface area (Å²) in [5, 5.41) is 0. The third-order valence-electron chi connectivity index (χ3n) is 1.51. The number of allylic oxidation sites excluding steroid dienone is 4. The Morgan fingerprint density at radius 3 is 2.92 bits per heavy atom. The third-order valence-corrected chi connectivity index (χ3v) is 4.50. The molecule has 0 heterocycles. The van der Waals surface area contributed by atoms with Crippen LogP contribution in [0.1, 0.15) is 6.42 Å². The summed E-state index contributed by atoms with van der Waals surface area (Å²) in [6.45, 7) is 0. The van der Waals surface area contributed by atoms with Crippen LogP contribution in [0.2, 0.25) is 0 Å². The number of hydrogen-bond acceptors (Lipinski definition) is 1. The van der Waals surface area contributed by atoms with Gasteiger partial charge in [-0.15, -0.1) is 0 Å². The lowest BCUT2D eigenvalue weighted by Crippen LogP contribution is -1.98. The van der Waals surface area contributed by atoms with Crippen molar-refractivity contribution in [1.82, 2.24) is 0 Å². The SMILES string of the molecule is FC1C=CC(/C(=C/I)SI)=CC1. The van der Waals surface area contributed by atoms with E-state index in [1.165, 1.54) is 4.91 Å². The first-order valence-corrected chi connectivity index (χ1v) is 8.00. The van der Waals surface area contributed by atoms with Crippen molar-refractivity contribution >= 4 is 52.7 Å². The van der Waals surface area contributed by atoms with Crippen LogP contribution in [0.5, 0.6) is 0 Å². The van der Waals surface area contributed by atoms with E-state index in [0.717, 1.165) is 5.57 Å². The lowest BCUT2D eigenvalue weighted by atomic mass is 10.1. The van der Waals surface area contributed by atoms with Gasteiger partial charge in [-0.25, -0.2) is 4.39 Å². The fourth-order valence-corrected chi connectivity index (χ4v) is 4.52. The van der Waals surface area contributed by atoms with Crippen LogP contribution >= 0.6 is 52.7 Å². The molecule has 0 saturated carbocycles. The van der Waals surface area contributed by atoms with E-state index in [2.05, 4.69) is 43.8 Å². The highest BCUT2D eigenvalue weighted by Gasteiger charge is 2.08. The van der Waals surface area contributed by atoms with E-state index < -0.39 is 6.17 Å². The van der Waals surface area contributed by atoms with E-state index >= 15 is 0 Å². The van der Waals surface area contributed by atoms with Crippen LogP contribution < -0.4 is 0 Å². The zero-order valence-electron chi connectivity index (χ0n) is 6.14. The number of rotatable bonds is 2. The summed E-state index contributed by atoms with van der Waals surface area (Å²) in [5.74, 6) is 0. The normalized spacial score (nSPS) is 24.1. The van der Waals surface area contributed by atoms with E-state index in [4.69, 9.17) is 0 Å². The molecule has 0 spiro atoms. The fraction of sp³-hybridized carbons (Fsp3) is 0.250. The first-order valence-electron chi connectivity index (χ1n) is 3.39. The van der Waals surface area contributed by atoms with Crippen LogP contribution in [0.3, 0.4) is 0 Å². The van der Waals surface area contributed by atoms with Gasteiger partial charge in [0, 0.05) is 32.5 Å². The van der Waals surface area contributed by atoms with Crippen LogP contribution in [0, 0.1) is 0 Å². The van der Waals surface area contributed by atoms with Gasteiger partial charge in [0.1, 0.15) is 6.17 Å². The van der Waals surface area contributed by atoms with Gasteiger partial charge in [-0.2, -0.15) is 0 Å². The van der Waals surface area contributed by atoms with Crippen molar-refractivity contribution in [3.8, 4) is 0 Å². The molecule has 0 N–H and O–H groups in total. The summed E-state index contributed by atoms with van der Waals surface area (Å²) < 4.78 is 14.7. The maximum absolute atomic E-state index is 12.7. The molecule has 1 atom stereocenters. The minimum absolute atomic E-state index is 0.511. The summed E-state index contributed by atoms with van der Waals surface area (Å²) in [4.78, 5) is 1.19. The molecule has 1 unspecified atom stereocenters. The van der Waals surface area contributed by atoms with Gasteiger partial charge in [-0.3, -0.25) is 0 Å². The van der Waals surface area contributed by atoms with Crippen molar-refractivity contribution in [3.05, 3.63) is 32.8 Å². The molecule has 0 aliphatic heterocycles. The smallest absolute Gasteiger partial charge is 0.122 e. The lowest BCUT2D eigenvalue weighted by molar-refractivity contribution is 0.401. The zero-order valence-corrected chi connectivity index (χ0v) is 11.3. The van der Waals surface area contributed by atoms with Crippen LogP contribution in [0.25, 0.3) is 0 Å². The Bertz CT molecular complexity index is 245. The van der Waals surface area contributed by atoms with Crippen LogP contribution in [-0.2, 0) is 0 Å². The molecule has 1 aliphatic carbocycles. The predicted molar refractivity (Wildman–Crippen MR) is 70.5 cm³/mol. The fourth-order valence-electron chi connectivity index (χ4n) is 0.901. The van der Waals surface area contributed by atoms with Crippen LogP contribution in [-0.4, -0.2) is 6.17 Å². The third kappa shape index (κ3) is 3.02. The molecule has 1 aliphatic rings. The predicted octanol–water partition coefficient (Wildman–Crippen LogP) is 4.57. The molecule has 0 amide bonds. The number of halogens is 3. The molecule has 0 saturated heterocycles. The molecule has 0 aromatic carbocycles. The molecule has 0 nitrogen and oxygen atoms in total. The largest absolute Gasteiger partial charge is 0.243 e. The zero-order chi connectivity index (χ0) is 8.97. The van der Waals surface area contributed by atoms with Crippen molar-refractivity contribution in [2.75, 3.05) is 0 Å². The van der Waals surface area contributed by atoms with Gasteiger partial charge in [-0.05, 0) is 15.7 Å². The summed E-state index contributed by atoms with van der Waals surface area (Å²) in [5.41, 5.74) is 1.14. The topological polar surface area (TPSA) is 0 Å². The standard InChI is InChI=1S/C8H7FI2S/c9-7-3-1-6(2-4-7)8(5-10)12-11/h1-3,5,7H,4H2/b8-5-. The second-order valence-electron chi connectivity index (χ2n) is 2.32. The molecule has 0 fully saturated rings. The Kier molecular flexibility index (Phi) is 5.19. The molecule has 0 aromatic rings. The van der Waals surface area contributed by atoms with E-state index in [9.17, 15) is 4.39 Å². The molecular weight excluding hydrogens is 401 g/mol. The Morgan fingerprint density at radius 1 is 1.75 bits per heavy atom. The Morgan fingerprint density at radius 2 is 2.50 bits per heavy atom. The Balaban J connectivity index is 2.72. The highest BCUT2D eigenvalue weighted by atomic mass is 127. The summed E-state index contributed by atoms with van der Waals surface area (Å²) in [6.07, 6.45) is 5.13. The van der Waals surface area contributed by atoms with E-state index in [1.54, 1.807) is 15.0 Å². The minimum atomic E-state index is -0.788. The van der Waals surface area contributed by atoms with Gasteiger partial charge in [-0.1, -0.05) is 43.7 Å². The van der Waals surface area contributed by atoms with Crippen molar-refractivity contribution in [3.63, 3.8) is 0 Å². The molecule has 0 bridgehead atoms. The molecule has 66 valence electrons. The molecule has 4 heteroatoms. The highest BCUT2D eigenvalue weighted by molar-refractivity contribution is 14.2. The molecule has 0 radical (unpaired) electrons. The van der Waals surface area contributed by atoms with E-state index in [0.29, 0.717) is 6.42 Å². The van der Waals surface area contributed by atoms with Gasteiger partial charge < -0.3 is 0 Å². The minimum Gasteiger partial charge on any atom is -0.243 e. The quantitative estimate of drug-likeness (QED) is 0.604. The number of hydrogen-bond donors (Lipinski definition) is 0. The first-order chi connectivity index (χ1) is 5.77. The van der Waals surface area contributed by atoms with Crippen molar-refractivity contribution < 1.29 is 4.39 Å². The Labute approximate surface area is 101 Å². The molecular formula is C8H7FI2S. The van der Waals surface area contributed by atoms with Crippen LogP contribution in [0.15, 0.2) is 32.8 Å². The second-order valence-corrected chi connectivity index (χ2v) is 4.86. The van der Waals surface area contributed by atoms with Crippen molar-refractivity contribution in [2.24, 2.45) is 0 Å². The first kappa shape index (κ1) is 11.0. The molecule has 0 aromatic heterocycles. The van der Waals surface area contributed by atoms with Crippen molar-refractivity contribution in [2.45, 2.75) is 12.6 Å². The van der Waals surface area contributed by atoms with Gasteiger partial charge in [0.15, 0.2) is 0 Å². The van der Waals surface area contributed by atoms with Gasteiger partial charge in [0.05, 0.1) is 0 Å². The maximum Gasteiger partial charge on any atom is 0.122 e. The van der Waals surface area contributed by atoms with E-state index in [1.807, 2.05) is 16.2 Å². The van der Waals surface area contributed by atoms with Gasteiger partial charge in [0.25, 0.3) is 0 Å². The average molecular weight is 408 g/mol.